The van der Waals surface area contributed by atoms with Gasteiger partial charge in [-0.25, -0.2) is 9.97 Å². The summed E-state index contributed by atoms with van der Waals surface area (Å²) in [6, 6.07) is 7.86. The number of phenols is 1. The summed E-state index contributed by atoms with van der Waals surface area (Å²) in [7, 11) is 0. The number of anilines is 1. The number of rotatable bonds is 5. The number of fused-ring (bicyclic) bond motifs is 1. The number of hydrogen-bond acceptors (Lipinski definition) is 6. The molecule has 1 N–H and O–H groups in total. The second-order valence-electron chi connectivity index (χ2n) is 10.0. The number of benzene rings is 1. The van der Waals surface area contributed by atoms with Crippen molar-refractivity contribution in [1.82, 2.24) is 14.9 Å². The summed E-state index contributed by atoms with van der Waals surface area (Å²) in [6.45, 7) is 8.39. The van der Waals surface area contributed by atoms with E-state index in [1.54, 1.807) is 6.07 Å². The third-order valence-corrected chi connectivity index (χ3v) is 7.55. The van der Waals surface area contributed by atoms with E-state index in [4.69, 9.17) is 14.7 Å². The predicted molar refractivity (Wildman–Crippen MR) is 137 cm³/mol. The van der Waals surface area contributed by atoms with E-state index in [0.717, 1.165) is 86.9 Å². The summed E-state index contributed by atoms with van der Waals surface area (Å²) in [5.74, 6) is 2.54. The van der Waals surface area contributed by atoms with Gasteiger partial charge >= 0.3 is 0 Å². The van der Waals surface area contributed by atoms with E-state index >= 15 is 0 Å². The Morgan fingerprint density at radius 3 is 2.76 bits per heavy atom. The first kappa shape index (κ1) is 23.3. The Hall–Kier alpha value is -2.44. The molecule has 0 spiro atoms. The molecule has 1 aromatic carbocycles. The van der Waals surface area contributed by atoms with Crippen molar-refractivity contribution < 1.29 is 9.84 Å². The molecule has 6 nitrogen and oxygen atoms in total. The van der Waals surface area contributed by atoms with Crippen LogP contribution in [0.1, 0.15) is 69.2 Å². The molecule has 0 bridgehead atoms. The van der Waals surface area contributed by atoms with Crippen molar-refractivity contribution in [3.05, 3.63) is 41.7 Å². The number of nitrogens with zero attached hydrogens (tertiary/aromatic N) is 4. The van der Waals surface area contributed by atoms with E-state index in [1.165, 1.54) is 25.9 Å². The molecule has 4 heterocycles. The minimum atomic E-state index is 0.266. The lowest BCUT2D eigenvalue weighted by atomic mass is 9.96. The fourth-order valence-corrected chi connectivity index (χ4v) is 5.53. The van der Waals surface area contributed by atoms with Gasteiger partial charge < -0.3 is 19.6 Å². The van der Waals surface area contributed by atoms with Crippen molar-refractivity contribution >= 4 is 11.9 Å². The number of phenolic OH excluding ortho intramolecular Hbond substituents is 1. The topological polar surface area (TPSA) is 61.7 Å². The molecule has 0 amide bonds. The van der Waals surface area contributed by atoms with E-state index in [9.17, 15) is 5.11 Å². The molecule has 182 valence electrons. The monoisotopic (exact) mass is 462 g/mol. The standard InChI is InChI=1S/C28H38N4O2/c1-21-8-6-12-25-26(23-10-7-11-24(33)20-23)29-27(22-9-2-5-18-34-19-13-22)30-28(25)32(21)17-16-31-14-3-4-15-31/h6-7,10-12,20-22,33H,2-5,8-9,13-19H2,1H3. The minimum Gasteiger partial charge on any atom is -0.508 e. The van der Waals surface area contributed by atoms with E-state index in [1.807, 2.05) is 18.2 Å². The van der Waals surface area contributed by atoms with Crippen LogP contribution in [0.3, 0.4) is 0 Å². The minimum absolute atomic E-state index is 0.266. The zero-order chi connectivity index (χ0) is 23.3. The number of likely N-dealkylation sites (tertiary alicyclic amines) is 1. The fraction of sp³-hybridized carbons (Fsp3) is 0.571. The number of aromatic hydroxyl groups is 1. The lowest BCUT2D eigenvalue weighted by Gasteiger charge is -2.32. The van der Waals surface area contributed by atoms with Gasteiger partial charge in [0.25, 0.3) is 0 Å². The Bertz CT molecular complexity index is 994. The van der Waals surface area contributed by atoms with Crippen LogP contribution in [0.5, 0.6) is 5.75 Å². The van der Waals surface area contributed by atoms with Crippen LogP contribution in [0.15, 0.2) is 30.3 Å². The summed E-state index contributed by atoms with van der Waals surface area (Å²) >= 11 is 0. The molecular formula is C28H38N4O2. The van der Waals surface area contributed by atoms with Crippen LogP contribution in [0.4, 0.5) is 5.82 Å². The summed E-state index contributed by atoms with van der Waals surface area (Å²) in [5.41, 5.74) is 2.94. The van der Waals surface area contributed by atoms with Crippen molar-refractivity contribution in [2.45, 2.75) is 63.8 Å². The van der Waals surface area contributed by atoms with Crippen LogP contribution < -0.4 is 4.90 Å². The molecule has 5 rings (SSSR count). The van der Waals surface area contributed by atoms with E-state index < -0.39 is 0 Å². The van der Waals surface area contributed by atoms with Gasteiger partial charge in [-0.2, -0.15) is 0 Å². The molecule has 0 aliphatic carbocycles. The van der Waals surface area contributed by atoms with Crippen LogP contribution in [-0.4, -0.2) is 65.4 Å². The molecule has 2 unspecified atom stereocenters. The molecule has 0 saturated carbocycles. The van der Waals surface area contributed by atoms with E-state index in [0.29, 0.717) is 12.0 Å². The number of hydrogen-bond donors (Lipinski definition) is 1. The normalized spacial score (nSPS) is 23.9. The Labute approximate surface area is 203 Å². The average Bonchev–Trinajstić information content (AvgIpc) is 3.27. The van der Waals surface area contributed by atoms with Gasteiger partial charge in [0.2, 0.25) is 0 Å². The SMILES string of the molecule is CC1CC=Cc2c(-c3cccc(O)c3)nc(C3CCCCOCC3)nc2N1CCN1CCCC1. The predicted octanol–water partition coefficient (Wildman–Crippen LogP) is 5.23. The highest BCUT2D eigenvalue weighted by atomic mass is 16.5. The summed E-state index contributed by atoms with van der Waals surface area (Å²) in [4.78, 5) is 15.5. The van der Waals surface area contributed by atoms with Crippen LogP contribution in [-0.2, 0) is 4.74 Å². The molecule has 3 aliphatic rings. The van der Waals surface area contributed by atoms with Crippen LogP contribution in [0, 0.1) is 0 Å². The van der Waals surface area contributed by atoms with Gasteiger partial charge in [-0.05, 0) is 70.7 Å². The van der Waals surface area contributed by atoms with E-state index in [-0.39, 0.29) is 5.75 Å². The molecule has 2 atom stereocenters. The van der Waals surface area contributed by atoms with Gasteiger partial charge in [0.1, 0.15) is 17.4 Å². The Morgan fingerprint density at radius 2 is 1.91 bits per heavy atom. The lowest BCUT2D eigenvalue weighted by Crippen LogP contribution is -2.40. The Kier molecular flexibility index (Phi) is 7.45. The van der Waals surface area contributed by atoms with E-state index in [2.05, 4.69) is 28.9 Å². The van der Waals surface area contributed by atoms with Gasteiger partial charge in [0.15, 0.2) is 0 Å². The number of ether oxygens (including phenoxy) is 1. The number of aromatic nitrogens is 2. The Balaban J connectivity index is 1.57. The molecule has 2 fully saturated rings. The molecule has 3 aliphatic heterocycles. The summed E-state index contributed by atoms with van der Waals surface area (Å²) in [6.07, 6.45) is 12.4. The maximum absolute atomic E-state index is 10.2. The third kappa shape index (κ3) is 5.28. The molecule has 0 radical (unpaired) electrons. The second-order valence-corrected chi connectivity index (χ2v) is 10.0. The highest BCUT2D eigenvalue weighted by molar-refractivity contribution is 5.80. The van der Waals surface area contributed by atoms with Gasteiger partial charge in [0, 0.05) is 49.4 Å². The van der Waals surface area contributed by atoms with Gasteiger partial charge in [-0.15, -0.1) is 0 Å². The molecular weight excluding hydrogens is 424 g/mol. The van der Waals surface area contributed by atoms with Crippen molar-refractivity contribution in [1.29, 1.82) is 0 Å². The van der Waals surface area contributed by atoms with Crippen molar-refractivity contribution in [3.63, 3.8) is 0 Å². The fourth-order valence-electron chi connectivity index (χ4n) is 5.53. The second kappa shape index (κ2) is 10.9. The zero-order valence-corrected chi connectivity index (χ0v) is 20.5. The third-order valence-electron chi connectivity index (χ3n) is 7.55. The highest BCUT2D eigenvalue weighted by Crippen LogP contribution is 2.37. The van der Waals surface area contributed by atoms with Crippen LogP contribution in [0.2, 0.25) is 0 Å². The largest absolute Gasteiger partial charge is 0.508 e. The Morgan fingerprint density at radius 1 is 1.03 bits per heavy atom. The molecule has 34 heavy (non-hydrogen) atoms. The lowest BCUT2D eigenvalue weighted by molar-refractivity contribution is 0.110. The first-order valence-electron chi connectivity index (χ1n) is 13.1. The van der Waals surface area contributed by atoms with Crippen LogP contribution in [0.25, 0.3) is 17.3 Å². The van der Waals surface area contributed by atoms with Crippen molar-refractivity contribution in [2.24, 2.45) is 0 Å². The summed E-state index contributed by atoms with van der Waals surface area (Å²) < 4.78 is 5.81. The van der Waals surface area contributed by atoms with Crippen molar-refractivity contribution in [2.75, 3.05) is 44.3 Å². The summed E-state index contributed by atoms with van der Waals surface area (Å²) in [5, 5.41) is 10.2. The maximum atomic E-state index is 10.2. The van der Waals surface area contributed by atoms with Crippen LogP contribution >= 0.6 is 0 Å². The quantitative estimate of drug-likeness (QED) is 0.656. The maximum Gasteiger partial charge on any atom is 0.140 e. The molecule has 2 saturated heterocycles. The zero-order valence-electron chi connectivity index (χ0n) is 20.5. The van der Waals surface area contributed by atoms with Gasteiger partial charge in [0.05, 0.1) is 5.69 Å². The first-order valence-corrected chi connectivity index (χ1v) is 13.1. The smallest absolute Gasteiger partial charge is 0.140 e. The molecule has 1 aromatic heterocycles. The first-order chi connectivity index (χ1) is 16.7. The van der Waals surface area contributed by atoms with Crippen molar-refractivity contribution in [3.8, 4) is 17.0 Å². The van der Waals surface area contributed by atoms with Gasteiger partial charge in [-0.1, -0.05) is 30.7 Å². The van der Waals surface area contributed by atoms with Gasteiger partial charge in [-0.3, -0.25) is 0 Å². The molecule has 2 aromatic rings. The molecule has 6 heteroatoms. The highest BCUT2D eigenvalue weighted by Gasteiger charge is 2.28. The average molecular weight is 463 g/mol.